The van der Waals surface area contributed by atoms with E-state index in [-0.39, 0.29) is 17.9 Å². The standard InChI is InChI=1S/C19H24.C10H15N.C10H12O.C8H11N/c1-15-8-7-9-18(13-15)14-16(2)12-17(3)19-10-5-4-6-11-19;2*1-8-4-3-5-10(6-8)7-9(2)11;1-7(9)8-5-3-2-4-6-8/h4-11,13,16-17H,12,14H2,1-3H3;3-6,9H,7,11H2,1-2H3;3-6H,7H2,1-2H3;2-7H,9H2,1H3/t16-,17-;9-;;7-/m10.0/s1. The lowest BCUT2D eigenvalue weighted by atomic mass is 9.87. The number of hydrogen-bond acceptors (Lipinski definition) is 3. The van der Waals surface area contributed by atoms with Crippen molar-refractivity contribution < 1.29 is 4.79 Å². The number of carbonyl (C=O) groups is 1. The van der Waals surface area contributed by atoms with Crippen molar-refractivity contribution in [3.8, 4) is 0 Å². The monoisotopic (exact) mass is 670 g/mol. The Kier molecular flexibility index (Phi) is 19.4. The third-order valence-electron chi connectivity index (χ3n) is 8.29. The number of rotatable bonds is 10. The number of hydrogen-bond donors (Lipinski definition) is 2. The Balaban J connectivity index is 0.000000243. The molecule has 0 amide bonds. The van der Waals surface area contributed by atoms with Gasteiger partial charge in [-0.2, -0.15) is 0 Å². The van der Waals surface area contributed by atoms with Crippen LogP contribution in [0.15, 0.2) is 133 Å². The molecule has 0 aliphatic carbocycles. The minimum absolute atomic E-state index is 0.159. The van der Waals surface area contributed by atoms with Crippen molar-refractivity contribution >= 4 is 5.78 Å². The second-order valence-electron chi connectivity index (χ2n) is 14.1. The summed E-state index contributed by atoms with van der Waals surface area (Å²) < 4.78 is 0. The van der Waals surface area contributed by atoms with E-state index in [2.05, 4.69) is 107 Å². The highest BCUT2D eigenvalue weighted by Crippen LogP contribution is 2.25. The summed E-state index contributed by atoms with van der Waals surface area (Å²) in [5.74, 6) is 1.58. The lowest BCUT2D eigenvalue weighted by Crippen LogP contribution is -2.17. The van der Waals surface area contributed by atoms with E-state index >= 15 is 0 Å². The van der Waals surface area contributed by atoms with Gasteiger partial charge in [0.25, 0.3) is 0 Å². The molecule has 5 aromatic rings. The van der Waals surface area contributed by atoms with Crippen molar-refractivity contribution in [3.05, 3.63) is 178 Å². The molecule has 0 saturated carbocycles. The van der Waals surface area contributed by atoms with Gasteiger partial charge in [0.2, 0.25) is 0 Å². The first-order valence-corrected chi connectivity index (χ1v) is 18.1. The summed E-state index contributed by atoms with van der Waals surface area (Å²) in [7, 11) is 0. The first-order chi connectivity index (χ1) is 23.8. The largest absolute Gasteiger partial charge is 0.328 e. The molecule has 0 aliphatic heterocycles. The Morgan fingerprint density at radius 3 is 1.36 bits per heavy atom. The maximum Gasteiger partial charge on any atom is 0.134 e. The molecule has 0 bridgehead atoms. The maximum absolute atomic E-state index is 10.7. The van der Waals surface area contributed by atoms with E-state index < -0.39 is 0 Å². The van der Waals surface area contributed by atoms with Crippen LogP contribution >= 0.6 is 0 Å². The minimum Gasteiger partial charge on any atom is -0.328 e. The Morgan fingerprint density at radius 2 is 0.960 bits per heavy atom. The summed E-state index contributed by atoms with van der Waals surface area (Å²) >= 11 is 0. The van der Waals surface area contributed by atoms with Gasteiger partial charge in [0.15, 0.2) is 0 Å². The molecule has 5 rings (SSSR count). The van der Waals surface area contributed by atoms with Gasteiger partial charge in [-0.25, -0.2) is 0 Å². The van der Waals surface area contributed by atoms with Crippen LogP contribution in [0.5, 0.6) is 0 Å². The number of nitrogens with two attached hydrogens (primary N) is 2. The molecule has 50 heavy (non-hydrogen) atoms. The zero-order valence-electron chi connectivity index (χ0n) is 31.9. The Labute approximate surface area is 304 Å². The normalized spacial score (nSPS) is 12.7. The van der Waals surface area contributed by atoms with Crippen LogP contribution in [-0.2, 0) is 24.1 Å². The number of carbonyl (C=O) groups excluding carboxylic acids is 1. The van der Waals surface area contributed by atoms with Crippen LogP contribution < -0.4 is 11.5 Å². The fourth-order valence-electron chi connectivity index (χ4n) is 5.92. The highest BCUT2D eigenvalue weighted by Gasteiger charge is 2.11. The van der Waals surface area contributed by atoms with Crippen molar-refractivity contribution in [2.45, 2.75) is 99.1 Å². The van der Waals surface area contributed by atoms with Gasteiger partial charge in [-0.05, 0) is 100 Å². The molecule has 3 heteroatoms. The van der Waals surface area contributed by atoms with Crippen LogP contribution in [0.1, 0.15) is 97.5 Å². The van der Waals surface area contributed by atoms with E-state index in [4.69, 9.17) is 11.5 Å². The van der Waals surface area contributed by atoms with E-state index in [9.17, 15) is 4.79 Å². The van der Waals surface area contributed by atoms with Gasteiger partial charge < -0.3 is 11.5 Å². The highest BCUT2D eigenvalue weighted by molar-refractivity contribution is 5.78. The van der Waals surface area contributed by atoms with Crippen molar-refractivity contribution in [1.82, 2.24) is 0 Å². The van der Waals surface area contributed by atoms with E-state index in [0.717, 1.165) is 17.9 Å². The van der Waals surface area contributed by atoms with Gasteiger partial charge >= 0.3 is 0 Å². The van der Waals surface area contributed by atoms with Gasteiger partial charge in [0, 0.05) is 18.5 Å². The van der Waals surface area contributed by atoms with Crippen LogP contribution in [0.3, 0.4) is 0 Å². The lowest BCUT2D eigenvalue weighted by molar-refractivity contribution is -0.116. The summed E-state index contributed by atoms with van der Waals surface area (Å²) in [6, 6.07) is 46.7. The SMILES string of the molecule is CC(=O)Cc1cccc(C)c1.C[C@H](N)c1ccccc1.Cc1cccc(C[C@H](C)C[C@@H](C)c2ccccc2)c1.Cc1cccc(C[C@H](C)N)c1. The van der Waals surface area contributed by atoms with Crippen molar-refractivity contribution in [2.75, 3.05) is 0 Å². The first kappa shape index (κ1) is 41.9. The number of aryl methyl sites for hydroxylation is 3. The molecular formula is C47H62N2O. The lowest BCUT2D eigenvalue weighted by Gasteiger charge is -2.18. The Hall–Kier alpha value is -4.31. The van der Waals surface area contributed by atoms with Crippen LogP contribution in [0.4, 0.5) is 0 Å². The van der Waals surface area contributed by atoms with Crippen molar-refractivity contribution in [1.29, 1.82) is 0 Å². The number of ketones is 1. The van der Waals surface area contributed by atoms with E-state index in [0.29, 0.717) is 12.3 Å². The fourth-order valence-corrected chi connectivity index (χ4v) is 5.92. The molecule has 0 radical (unpaired) electrons. The molecule has 4 atom stereocenters. The van der Waals surface area contributed by atoms with Gasteiger partial charge in [0.05, 0.1) is 0 Å². The minimum atomic E-state index is 0.159. The molecule has 0 saturated heterocycles. The summed E-state index contributed by atoms with van der Waals surface area (Å²) in [6.07, 6.45) is 3.96. The predicted molar refractivity (Wildman–Crippen MR) is 217 cm³/mol. The zero-order valence-corrected chi connectivity index (χ0v) is 31.9. The van der Waals surface area contributed by atoms with Crippen LogP contribution in [-0.4, -0.2) is 11.8 Å². The quantitative estimate of drug-likeness (QED) is 0.155. The second-order valence-corrected chi connectivity index (χ2v) is 14.1. The molecule has 0 spiro atoms. The fraction of sp³-hybridized carbons (Fsp3) is 0.340. The second kappa shape index (κ2) is 23.2. The van der Waals surface area contributed by atoms with Gasteiger partial charge in [-0.15, -0.1) is 0 Å². The predicted octanol–water partition coefficient (Wildman–Crippen LogP) is 11.1. The molecule has 0 heterocycles. The number of benzene rings is 5. The zero-order chi connectivity index (χ0) is 36.9. The molecular weight excluding hydrogens is 609 g/mol. The molecule has 0 aromatic heterocycles. The van der Waals surface area contributed by atoms with Gasteiger partial charge in [-0.1, -0.05) is 164 Å². The third-order valence-corrected chi connectivity index (χ3v) is 8.29. The average molecular weight is 671 g/mol. The maximum atomic E-state index is 10.7. The Morgan fingerprint density at radius 1 is 0.540 bits per heavy atom. The molecule has 0 aliphatic rings. The summed E-state index contributed by atoms with van der Waals surface area (Å²) in [6.45, 7) is 16.6. The number of Topliss-reactive ketones (excluding diaryl/α,β-unsaturated/α-hetero) is 1. The van der Waals surface area contributed by atoms with Crippen LogP contribution in [0.2, 0.25) is 0 Å². The third kappa shape index (κ3) is 18.5. The van der Waals surface area contributed by atoms with E-state index in [1.165, 1.54) is 51.8 Å². The molecule has 5 aromatic carbocycles. The van der Waals surface area contributed by atoms with Crippen molar-refractivity contribution in [3.63, 3.8) is 0 Å². The van der Waals surface area contributed by atoms with Crippen LogP contribution in [0, 0.1) is 26.7 Å². The van der Waals surface area contributed by atoms with E-state index in [1.807, 2.05) is 75.4 Å². The smallest absolute Gasteiger partial charge is 0.134 e. The van der Waals surface area contributed by atoms with E-state index in [1.54, 1.807) is 6.92 Å². The molecule has 266 valence electrons. The summed E-state index contributed by atoms with van der Waals surface area (Å²) in [4.78, 5) is 10.7. The molecule has 3 nitrogen and oxygen atoms in total. The molecule has 0 fully saturated rings. The first-order valence-electron chi connectivity index (χ1n) is 18.1. The molecule has 4 N–H and O–H groups in total. The Bertz CT molecular complexity index is 1640. The van der Waals surface area contributed by atoms with Gasteiger partial charge in [-0.3, -0.25) is 4.79 Å². The highest BCUT2D eigenvalue weighted by atomic mass is 16.1. The summed E-state index contributed by atoms with van der Waals surface area (Å²) in [5.41, 5.74) is 21.7. The van der Waals surface area contributed by atoms with Crippen molar-refractivity contribution in [2.24, 2.45) is 17.4 Å². The van der Waals surface area contributed by atoms with Gasteiger partial charge in [0.1, 0.15) is 5.78 Å². The topological polar surface area (TPSA) is 69.1 Å². The summed E-state index contributed by atoms with van der Waals surface area (Å²) in [5, 5.41) is 0. The molecule has 0 unspecified atom stereocenters. The van der Waals surface area contributed by atoms with Crippen LogP contribution in [0.25, 0.3) is 0 Å². The average Bonchev–Trinajstić information content (AvgIpc) is 3.06.